The average molecular weight is 482 g/mol. The molecule has 0 fully saturated rings. The Morgan fingerprint density at radius 1 is 0.833 bits per heavy atom. The molecule has 2 aliphatic rings. The van der Waals surface area contributed by atoms with Crippen LogP contribution in [0.5, 0.6) is 11.5 Å². The van der Waals surface area contributed by atoms with Gasteiger partial charge in [-0.1, -0.05) is 42.5 Å². The number of ketones is 1. The van der Waals surface area contributed by atoms with Gasteiger partial charge in [-0.25, -0.2) is 0 Å². The van der Waals surface area contributed by atoms with Crippen molar-refractivity contribution in [1.29, 1.82) is 0 Å². The van der Waals surface area contributed by atoms with Crippen molar-refractivity contribution in [3.05, 3.63) is 100 Å². The van der Waals surface area contributed by atoms with E-state index >= 15 is 0 Å². The minimum atomic E-state index is -0.386. The summed E-state index contributed by atoms with van der Waals surface area (Å²) in [5.41, 5.74) is 6.46. The summed E-state index contributed by atoms with van der Waals surface area (Å²) < 4.78 is 11.1. The summed E-state index contributed by atoms with van der Waals surface area (Å²) in [6, 6.07) is 21.7. The molecule has 1 heterocycles. The van der Waals surface area contributed by atoms with E-state index in [2.05, 4.69) is 12.1 Å². The van der Waals surface area contributed by atoms with E-state index in [1.807, 2.05) is 73.3 Å². The third kappa shape index (κ3) is 4.09. The number of hydrogen-bond acceptors (Lipinski definition) is 4. The van der Waals surface area contributed by atoms with E-state index in [4.69, 9.17) is 9.47 Å². The van der Waals surface area contributed by atoms with Crippen LogP contribution < -0.4 is 14.4 Å². The Morgan fingerprint density at radius 2 is 1.61 bits per heavy atom. The van der Waals surface area contributed by atoms with Crippen LogP contribution in [0.4, 0.5) is 5.69 Å². The Balaban J connectivity index is 1.71. The van der Waals surface area contributed by atoms with E-state index in [-0.39, 0.29) is 29.9 Å². The maximum Gasteiger partial charge on any atom is 0.232 e. The number of amides is 1. The molecule has 0 spiro atoms. The molecule has 3 aromatic rings. The van der Waals surface area contributed by atoms with Crippen LogP contribution in [0.25, 0.3) is 0 Å². The summed E-state index contributed by atoms with van der Waals surface area (Å²) >= 11 is 0. The number of Topliss-reactive ketones (excluding diaryl/α,β-unsaturated/α-hetero) is 1. The standard InChI is InChI=1S/C31H31NO4/c1-19-9-8-12-26(20(19)2)32-27-15-22(21-10-6-5-7-11-21)16-28(33)31(27)25(18-30(32)34)24-17-23(35-3)13-14-29(24)36-4/h5-14,17,22,25H,15-16,18H2,1-4H3. The fourth-order valence-corrected chi connectivity index (χ4v) is 5.63. The predicted molar refractivity (Wildman–Crippen MR) is 141 cm³/mol. The van der Waals surface area contributed by atoms with Crippen molar-refractivity contribution >= 4 is 17.4 Å². The van der Waals surface area contributed by atoms with Crippen LogP contribution >= 0.6 is 0 Å². The van der Waals surface area contributed by atoms with Crippen LogP contribution in [-0.2, 0) is 9.59 Å². The van der Waals surface area contributed by atoms with E-state index in [1.165, 1.54) is 0 Å². The van der Waals surface area contributed by atoms with Crippen molar-refractivity contribution in [2.45, 2.75) is 44.9 Å². The molecule has 0 radical (unpaired) electrons. The molecule has 0 aromatic heterocycles. The molecule has 2 atom stereocenters. The number of methoxy groups -OCH3 is 2. The topological polar surface area (TPSA) is 55.8 Å². The van der Waals surface area contributed by atoms with Crippen LogP contribution in [0.1, 0.15) is 53.4 Å². The van der Waals surface area contributed by atoms with Crippen molar-refractivity contribution in [1.82, 2.24) is 0 Å². The monoisotopic (exact) mass is 481 g/mol. The summed E-state index contributed by atoms with van der Waals surface area (Å²) in [6.07, 6.45) is 1.23. The lowest BCUT2D eigenvalue weighted by Gasteiger charge is -2.41. The Morgan fingerprint density at radius 3 is 2.33 bits per heavy atom. The quantitative estimate of drug-likeness (QED) is 0.433. The number of ether oxygens (including phenoxy) is 2. The van der Waals surface area contributed by atoms with Gasteiger partial charge in [0.25, 0.3) is 0 Å². The molecule has 1 aliphatic carbocycles. The SMILES string of the molecule is COc1ccc(OC)c(C2CC(=O)N(c3cccc(C)c3C)C3=C2C(=O)CC(c2ccccc2)C3)c1. The number of rotatable bonds is 5. The van der Waals surface area contributed by atoms with Crippen LogP contribution in [-0.4, -0.2) is 25.9 Å². The van der Waals surface area contributed by atoms with Gasteiger partial charge in [0, 0.05) is 35.6 Å². The zero-order valence-electron chi connectivity index (χ0n) is 21.2. The Bertz CT molecular complexity index is 1360. The van der Waals surface area contributed by atoms with Gasteiger partial charge in [0.1, 0.15) is 11.5 Å². The maximum atomic E-state index is 13.9. The molecule has 184 valence electrons. The molecule has 0 N–H and O–H groups in total. The van der Waals surface area contributed by atoms with Crippen LogP contribution in [0.15, 0.2) is 78.0 Å². The second-order valence-corrected chi connectivity index (χ2v) is 9.61. The molecule has 5 rings (SSSR count). The lowest BCUT2D eigenvalue weighted by Crippen LogP contribution is -2.42. The number of anilines is 1. The molecule has 36 heavy (non-hydrogen) atoms. The first-order valence-electron chi connectivity index (χ1n) is 12.3. The molecule has 2 unspecified atom stereocenters. The number of nitrogens with zero attached hydrogens (tertiary/aromatic N) is 1. The Kier molecular flexibility index (Phi) is 6.40. The number of benzene rings is 3. The van der Waals surface area contributed by atoms with Crippen molar-refractivity contribution in [2.24, 2.45) is 0 Å². The average Bonchev–Trinajstić information content (AvgIpc) is 2.90. The molecule has 1 amide bonds. The van der Waals surface area contributed by atoms with E-state index in [0.717, 1.165) is 33.6 Å². The summed E-state index contributed by atoms with van der Waals surface area (Å²) in [5, 5.41) is 0. The maximum absolute atomic E-state index is 13.9. The molecule has 5 nitrogen and oxygen atoms in total. The van der Waals surface area contributed by atoms with E-state index < -0.39 is 0 Å². The van der Waals surface area contributed by atoms with E-state index in [0.29, 0.717) is 29.9 Å². The van der Waals surface area contributed by atoms with Gasteiger partial charge in [-0.15, -0.1) is 0 Å². The normalized spacial score (nSPS) is 19.8. The molecule has 0 saturated carbocycles. The molecule has 1 aliphatic heterocycles. The number of aryl methyl sites for hydroxylation is 1. The van der Waals surface area contributed by atoms with Gasteiger partial charge >= 0.3 is 0 Å². The van der Waals surface area contributed by atoms with Crippen LogP contribution in [0, 0.1) is 13.8 Å². The number of carbonyl (C=O) groups is 2. The van der Waals surface area contributed by atoms with Crippen molar-refractivity contribution in [3.8, 4) is 11.5 Å². The summed E-state index contributed by atoms with van der Waals surface area (Å²) in [6.45, 7) is 4.08. The number of hydrogen-bond donors (Lipinski definition) is 0. The second-order valence-electron chi connectivity index (χ2n) is 9.61. The molecule has 3 aromatic carbocycles. The first-order valence-corrected chi connectivity index (χ1v) is 12.3. The smallest absolute Gasteiger partial charge is 0.232 e. The summed E-state index contributed by atoms with van der Waals surface area (Å²) in [5.74, 6) is 1.02. The third-order valence-electron chi connectivity index (χ3n) is 7.63. The zero-order valence-corrected chi connectivity index (χ0v) is 21.2. The van der Waals surface area contributed by atoms with Crippen LogP contribution in [0.2, 0.25) is 0 Å². The molecule has 0 saturated heterocycles. The largest absolute Gasteiger partial charge is 0.497 e. The highest BCUT2D eigenvalue weighted by Gasteiger charge is 2.43. The molecular formula is C31H31NO4. The number of carbonyl (C=O) groups excluding carboxylic acids is 2. The molecule has 5 heteroatoms. The first-order chi connectivity index (χ1) is 17.4. The van der Waals surface area contributed by atoms with Crippen LogP contribution in [0.3, 0.4) is 0 Å². The fraction of sp³-hybridized carbons (Fsp3) is 0.290. The van der Waals surface area contributed by atoms with Gasteiger partial charge in [0.15, 0.2) is 5.78 Å². The number of allylic oxidation sites excluding steroid dienone is 2. The highest BCUT2D eigenvalue weighted by Crippen LogP contribution is 2.49. The van der Waals surface area contributed by atoms with Gasteiger partial charge in [-0.2, -0.15) is 0 Å². The minimum Gasteiger partial charge on any atom is -0.497 e. The van der Waals surface area contributed by atoms with Gasteiger partial charge in [0.05, 0.1) is 19.9 Å². The second kappa shape index (κ2) is 9.65. The molecular weight excluding hydrogens is 450 g/mol. The van der Waals surface area contributed by atoms with Gasteiger partial charge in [0.2, 0.25) is 5.91 Å². The van der Waals surface area contributed by atoms with E-state index in [1.54, 1.807) is 14.2 Å². The fourth-order valence-electron chi connectivity index (χ4n) is 5.63. The highest BCUT2D eigenvalue weighted by molar-refractivity contribution is 6.08. The predicted octanol–water partition coefficient (Wildman–Crippen LogP) is 6.24. The Labute approximate surface area is 212 Å². The van der Waals surface area contributed by atoms with E-state index in [9.17, 15) is 9.59 Å². The molecule has 0 bridgehead atoms. The van der Waals surface area contributed by atoms with Gasteiger partial charge in [-0.05, 0) is 67.1 Å². The first kappa shape index (κ1) is 23.9. The lowest BCUT2D eigenvalue weighted by atomic mass is 9.72. The van der Waals surface area contributed by atoms with Gasteiger partial charge < -0.3 is 9.47 Å². The lowest BCUT2D eigenvalue weighted by molar-refractivity contribution is -0.120. The van der Waals surface area contributed by atoms with Crippen molar-refractivity contribution in [3.63, 3.8) is 0 Å². The van der Waals surface area contributed by atoms with Gasteiger partial charge in [-0.3, -0.25) is 14.5 Å². The van der Waals surface area contributed by atoms with Crippen molar-refractivity contribution in [2.75, 3.05) is 19.1 Å². The minimum absolute atomic E-state index is 0.0150. The van der Waals surface area contributed by atoms with Crippen molar-refractivity contribution < 1.29 is 19.1 Å². The summed E-state index contributed by atoms with van der Waals surface area (Å²) in [4.78, 5) is 29.6. The Hall–Kier alpha value is -3.86. The highest BCUT2D eigenvalue weighted by atomic mass is 16.5. The summed E-state index contributed by atoms with van der Waals surface area (Å²) in [7, 11) is 3.22. The third-order valence-corrected chi connectivity index (χ3v) is 7.63. The zero-order chi connectivity index (χ0) is 25.4.